The van der Waals surface area contributed by atoms with Gasteiger partial charge >= 0.3 is 0 Å². The first-order valence-electron chi connectivity index (χ1n) is 7.26. The average Bonchev–Trinajstić information content (AvgIpc) is 2.39. The highest BCUT2D eigenvalue weighted by Gasteiger charge is 2.25. The number of anilines is 1. The average molecular weight is 262 g/mol. The number of aliphatic hydroxyl groups excluding tert-OH is 1. The van der Waals surface area contributed by atoms with E-state index in [9.17, 15) is 5.11 Å². The van der Waals surface area contributed by atoms with E-state index in [1.165, 1.54) is 24.1 Å². The normalized spacial score (nSPS) is 22.2. The number of aliphatic hydroxyl groups is 1. The van der Waals surface area contributed by atoms with Gasteiger partial charge < -0.3 is 10.0 Å². The van der Waals surface area contributed by atoms with Crippen LogP contribution in [0.1, 0.15) is 31.7 Å². The van der Waals surface area contributed by atoms with Crippen molar-refractivity contribution in [1.82, 2.24) is 4.90 Å². The topological polar surface area (TPSA) is 26.7 Å². The second-order valence-electron chi connectivity index (χ2n) is 5.84. The second-order valence-corrected chi connectivity index (χ2v) is 5.84. The minimum Gasteiger partial charge on any atom is -0.392 e. The molecule has 3 nitrogen and oxygen atoms in total. The van der Waals surface area contributed by atoms with Crippen LogP contribution in [0, 0.1) is 0 Å². The Morgan fingerprint density at radius 2 is 1.95 bits per heavy atom. The van der Waals surface area contributed by atoms with Crippen LogP contribution in [0.4, 0.5) is 5.69 Å². The first-order valence-corrected chi connectivity index (χ1v) is 7.26. The van der Waals surface area contributed by atoms with E-state index in [0.717, 1.165) is 19.5 Å². The summed E-state index contributed by atoms with van der Waals surface area (Å²) in [5, 5.41) is 9.89. The quantitative estimate of drug-likeness (QED) is 0.903. The van der Waals surface area contributed by atoms with Gasteiger partial charge in [0.25, 0.3) is 0 Å². The second kappa shape index (κ2) is 6.40. The van der Waals surface area contributed by atoms with Crippen LogP contribution in [-0.4, -0.2) is 42.8 Å². The zero-order chi connectivity index (χ0) is 13.8. The van der Waals surface area contributed by atoms with E-state index in [4.69, 9.17) is 0 Å². The van der Waals surface area contributed by atoms with Crippen LogP contribution >= 0.6 is 0 Å². The fourth-order valence-electron chi connectivity index (χ4n) is 2.89. The lowest BCUT2D eigenvalue weighted by Crippen LogP contribution is -2.45. The van der Waals surface area contributed by atoms with Gasteiger partial charge in [0.05, 0.1) is 6.10 Å². The Balaban J connectivity index is 2.02. The van der Waals surface area contributed by atoms with E-state index in [0.29, 0.717) is 6.04 Å². The SMILES string of the molecule is CC(O)C1CCCCN1Cc1ccc(N(C)C)cc1. The molecule has 1 N–H and O–H groups in total. The number of nitrogens with zero attached hydrogens (tertiary/aromatic N) is 2. The molecular formula is C16H26N2O. The van der Waals surface area contributed by atoms with Crippen molar-refractivity contribution in [2.45, 2.75) is 44.9 Å². The molecular weight excluding hydrogens is 236 g/mol. The molecule has 2 rings (SSSR count). The third-order valence-corrected chi connectivity index (χ3v) is 4.06. The molecule has 19 heavy (non-hydrogen) atoms. The van der Waals surface area contributed by atoms with Gasteiger partial charge in [0.2, 0.25) is 0 Å². The van der Waals surface area contributed by atoms with Gasteiger partial charge in [-0.05, 0) is 44.0 Å². The molecule has 106 valence electrons. The molecule has 0 spiro atoms. The summed E-state index contributed by atoms with van der Waals surface area (Å²) in [7, 11) is 4.12. The Kier molecular flexibility index (Phi) is 4.83. The van der Waals surface area contributed by atoms with Crippen LogP contribution in [0.5, 0.6) is 0 Å². The molecule has 2 atom stereocenters. The number of benzene rings is 1. The standard InChI is InChI=1S/C16H26N2O/c1-13(19)16-6-4-5-11-18(16)12-14-7-9-15(10-8-14)17(2)3/h7-10,13,16,19H,4-6,11-12H2,1-3H3. The van der Waals surface area contributed by atoms with Gasteiger partial charge in [-0.25, -0.2) is 0 Å². The highest BCUT2D eigenvalue weighted by atomic mass is 16.3. The Labute approximate surface area is 116 Å². The lowest BCUT2D eigenvalue weighted by Gasteiger charge is -2.37. The van der Waals surface area contributed by atoms with E-state index in [1.807, 2.05) is 6.92 Å². The van der Waals surface area contributed by atoms with Crippen LogP contribution in [0.15, 0.2) is 24.3 Å². The summed E-state index contributed by atoms with van der Waals surface area (Å²) in [4.78, 5) is 4.54. The van der Waals surface area contributed by atoms with Gasteiger partial charge in [-0.15, -0.1) is 0 Å². The molecule has 0 aromatic heterocycles. The lowest BCUT2D eigenvalue weighted by atomic mass is 9.97. The minimum atomic E-state index is -0.235. The third kappa shape index (κ3) is 3.71. The molecule has 0 amide bonds. The Morgan fingerprint density at radius 1 is 1.26 bits per heavy atom. The van der Waals surface area contributed by atoms with Gasteiger partial charge in [-0.2, -0.15) is 0 Å². The maximum Gasteiger partial charge on any atom is 0.0667 e. The Bertz CT molecular complexity index is 386. The van der Waals surface area contributed by atoms with Crippen LogP contribution in [-0.2, 0) is 6.54 Å². The molecule has 1 aromatic rings. The smallest absolute Gasteiger partial charge is 0.0667 e. The zero-order valence-electron chi connectivity index (χ0n) is 12.3. The van der Waals surface area contributed by atoms with Crippen molar-refractivity contribution < 1.29 is 5.11 Å². The Hall–Kier alpha value is -1.06. The van der Waals surface area contributed by atoms with Crippen molar-refractivity contribution in [2.75, 3.05) is 25.5 Å². The summed E-state index contributed by atoms with van der Waals surface area (Å²) in [5.41, 5.74) is 2.56. The van der Waals surface area contributed by atoms with Gasteiger partial charge in [0, 0.05) is 32.4 Å². The summed E-state index contributed by atoms with van der Waals surface area (Å²) in [6.45, 7) is 3.96. The largest absolute Gasteiger partial charge is 0.392 e. The molecule has 1 aliphatic heterocycles. The summed E-state index contributed by atoms with van der Waals surface area (Å²) in [6.07, 6.45) is 3.37. The van der Waals surface area contributed by atoms with E-state index < -0.39 is 0 Å². The van der Waals surface area contributed by atoms with Crippen LogP contribution in [0.25, 0.3) is 0 Å². The first-order chi connectivity index (χ1) is 9.08. The zero-order valence-corrected chi connectivity index (χ0v) is 12.3. The third-order valence-electron chi connectivity index (χ3n) is 4.06. The predicted octanol–water partition coefficient (Wildman–Crippen LogP) is 2.49. The van der Waals surface area contributed by atoms with Crippen molar-refractivity contribution in [3.63, 3.8) is 0 Å². The number of likely N-dealkylation sites (tertiary alicyclic amines) is 1. The number of hydrogen-bond acceptors (Lipinski definition) is 3. The van der Waals surface area contributed by atoms with E-state index in [1.54, 1.807) is 0 Å². The molecule has 1 heterocycles. The molecule has 2 unspecified atom stereocenters. The molecule has 1 aromatic carbocycles. The summed E-state index contributed by atoms with van der Waals surface area (Å²) in [5.74, 6) is 0. The van der Waals surface area contributed by atoms with Gasteiger partial charge in [0.15, 0.2) is 0 Å². The molecule has 0 aliphatic carbocycles. The van der Waals surface area contributed by atoms with E-state index in [-0.39, 0.29) is 6.10 Å². The number of hydrogen-bond donors (Lipinski definition) is 1. The lowest BCUT2D eigenvalue weighted by molar-refractivity contribution is 0.0317. The number of piperidine rings is 1. The molecule has 0 bridgehead atoms. The molecule has 1 aliphatic rings. The maximum absolute atomic E-state index is 9.89. The van der Waals surface area contributed by atoms with Crippen LogP contribution in [0.2, 0.25) is 0 Å². The Morgan fingerprint density at radius 3 is 2.53 bits per heavy atom. The van der Waals surface area contributed by atoms with E-state index in [2.05, 4.69) is 48.2 Å². The summed E-state index contributed by atoms with van der Waals surface area (Å²) < 4.78 is 0. The van der Waals surface area contributed by atoms with Gasteiger partial charge in [0.1, 0.15) is 0 Å². The fraction of sp³-hybridized carbons (Fsp3) is 0.625. The molecule has 1 saturated heterocycles. The minimum absolute atomic E-state index is 0.235. The highest BCUT2D eigenvalue weighted by Crippen LogP contribution is 2.22. The number of rotatable bonds is 4. The summed E-state index contributed by atoms with van der Waals surface area (Å²) in [6, 6.07) is 9.04. The van der Waals surface area contributed by atoms with Crippen LogP contribution in [0.3, 0.4) is 0 Å². The first kappa shape index (κ1) is 14.4. The highest BCUT2D eigenvalue weighted by molar-refractivity contribution is 5.45. The van der Waals surface area contributed by atoms with Crippen molar-refractivity contribution in [3.05, 3.63) is 29.8 Å². The predicted molar refractivity (Wildman–Crippen MR) is 80.5 cm³/mol. The van der Waals surface area contributed by atoms with Crippen molar-refractivity contribution in [2.24, 2.45) is 0 Å². The molecule has 3 heteroatoms. The van der Waals surface area contributed by atoms with Crippen LogP contribution < -0.4 is 4.90 Å². The molecule has 1 fully saturated rings. The van der Waals surface area contributed by atoms with Crippen molar-refractivity contribution in [1.29, 1.82) is 0 Å². The maximum atomic E-state index is 9.89. The van der Waals surface area contributed by atoms with Crippen molar-refractivity contribution >= 4 is 5.69 Å². The molecule has 0 radical (unpaired) electrons. The van der Waals surface area contributed by atoms with Gasteiger partial charge in [-0.1, -0.05) is 18.6 Å². The summed E-state index contributed by atoms with van der Waals surface area (Å²) >= 11 is 0. The van der Waals surface area contributed by atoms with Gasteiger partial charge in [-0.3, -0.25) is 4.90 Å². The molecule has 0 saturated carbocycles. The monoisotopic (exact) mass is 262 g/mol. The van der Waals surface area contributed by atoms with E-state index >= 15 is 0 Å². The van der Waals surface area contributed by atoms with Crippen molar-refractivity contribution in [3.8, 4) is 0 Å². The fourth-order valence-corrected chi connectivity index (χ4v) is 2.89.